The normalized spacial score (nSPS) is 10.6. The van der Waals surface area contributed by atoms with Crippen molar-refractivity contribution in [3.63, 3.8) is 0 Å². The predicted molar refractivity (Wildman–Crippen MR) is 63.2 cm³/mol. The lowest BCUT2D eigenvalue weighted by Crippen LogP contribution is -2.32. The average molecular weight is 262 g/mol. The van der Waals surface area contributed by atoms with Crippen LogP contribution in [0.5, 0.6) is 0 Å². The highest BCUT2D eigenvalue weighted by atomic mass is 32.1. The van der Waals surface area contributed by atoms with Gasteiger partial charge in [0.25, 0.3) is 6.43 Å². The van der Waals surface area contributed by atoms with Gasteiger partial charge in [0.15, 0.2) is 0 Å². The number of nitrogens with two attached hydrogens (primary N) is 1. The van der Waals surface area contributed by atoms with Crippen molar-refractivity contribution >= 4 is 23.0 Å². The van der Waals surface area contributed by atoms with Crippen LogP contribution in [0.2, 0.25) is 0 Å². The van der Waals surface area contributed by atoms with Gasteiger partial charge in [-0.15, -0.1) is 0 Å². The van der Waals surface area contributed by atoms with Gasteiger partial charge in [-0.1, -0.05) is 12.2 Å². The molecule has 0 aliphatic rings. The SMILES string of the molecule is NC(=S)c1cnc(N(CCO)CC(F)F)cn1. The van der Waals surface area contributed by atoms with E-state index in [0.29, 0.717) is 5.69 Å². The van der Waals surface area contributed by atoms with Crippen molar-refractivity contribution in [2.24, 2.45) is 5.73 Å². The minimum atomic E-state index is -2.52. The van der Waals surface area contributed by atoms with E-state index in [1.54, 1.807) is 0 Å². The fourth-order valence-corrected chi connectivity index (χ4v) is 1.30. The van der Waals surface area contributed by atoms with Gasteiger partial charge in [-0.3, -0.25) is 0 Å². The summed E-state index contributed by atoms with van der Waals surface area (Å²) in [6.07, 6.45) is 0.0960. The molecule has 0 atom stereocenters. The standard InChI is InChI=1S/C9H12F2N4OS/c10-7(11)5-15(1-2-16)8-4-13-6(3-14-8)9(12)17/h3-4,7,16H,1-2,5H2,(H2,12,17). The van der Waals surface area contributed by atoms with Crippen molar-refractivity contribution < 1.29 is 13.9 Å². The summed E-state index contributed by atoms with van der Waals surface area (Å²) < 4.78 is 24.6. The number of thiocarbonyl (C=S) groups is 1. The maximum atomic E-state index is 12.3. The number of alkyl halides is 2. The zero-order valence-corrected chi connectivity index (χ0v) is 9.70. The van der Waals surface area contributed by atoms with E-state index in [4.69, 9.17) is 23.1 Å². The molecule has 1 heterocycles. The van der Waals surface area contributed by atoms with Gasteiger partial charge in [-0.25, -0.2) is 18.7 Å². The van der Waals surface area contributed by atoms with Crippen molar-refractivity contribution in [3.05, 3.63) is 18.1 Å². The summed E-state index contributed by atoms with van der Waals surface area (Å²) in [6, 6.07) is 0. The number of aromatic nitrogens is 2. The fraction of sp³-hybridized carbons (Fsp3) is 0.444. The van der Waals surface area contributed by atoms with Gasteiger partial charge < -0.3 is 15.7 Å². The van der Waals surface area contributed by atoms with Crippen molar-refractivity contribution in [1.82, 2.24) is 9.97 Å². The number of aliphatic hydroxyl groups excluding tert-OH is 1. The first-order valence-electron chi connectivity index (χ1n) is 4.80. The summed E-state index contributed by atoms with van der Waals surface area (Å²) in [5, 5.41) is 8.78. The Balaban J connectivity index is 2.83. The van der Waals surface area contributed by atoms with E-state index in [-0.39, 0.29) is 24.0 Å². The summed E-state index contributed by atoms with van der Waals surface area (Å²) in [6.45, 7) is -0.696. The average Bonchev–Trinajstić information content (AvgIpc) is 2.28. The molecule has 0 aliphatic carbocycles. The number of anilines is 1. The monoisotopic (exact) mass is 262 g/mol. The summed E-state index contributed by atoms with van der Waals surface area (Å²) in [5.74, 6) is 0.249. The van der Waals surface area contributed by atoms with E-state index >= 15 is 0 Å². The molecule has 1 rings (SSSR count). The first-order chi connectivity index (χ1) is 8.04. The van der Waals surface area contributed by atoms with Gasteiger partial charge >= 0.3 is 0 Å². The molecular weight excluding hydrogens is 250 g/mol. The van der Waals surface area contributed by atoms with Crippen LogP contribution >= 0.6 is 12.2 Å². The number of hydrogen-bond donors (Lipinski definition) is 2. The number of hydrogen-bond acceptors (Lipinski definition) is 5. The van der Waals surface area contributed by atoms with Crippen LogP contribution in [0.15, 0.2) is 12.4 Å². The van der Waals surface area contributed by atoms with E-state index in [1.807, 2.05) is 0 Å². The van der Waals surface area contributed by atoms with E-state index in [2.05, 4.69) is 9.97 Å². The molecule has 0 radical (unpaired) electrons. The summed E-state index contributed by atoms with van der Waals surface area (Å²) in [4.78, 5) is 9.14. The zero-order chi connectivity index (χ0) is 12.8. The maximum Gasteiger partial charge on any atom is 0.255 e. The molecule has 94 valence electrons. The molecule has 3 N–H and O–H groups in total. The lowest BCUT2D eigenvalue weighted by molar-refractivity contribution is 0.152. The molecule has 0 amide bonds. The van der Waals surface area contributed by atoms with E-state index < -0.39 is 13.0 Å². The Bertz CT molecular complexity index is 374. The third-order valence-corrected chi connectivity index (χ3v) is 2.15. The van der Waals surface area contributed by atoms with E-state index in [0.717, 1.165) is 0 Å². The lowest BCUT2D eigenvalue weighted by atomic mass is 10.4. The van der Waals surface area contributed by atoms with Crippen LogP contribution in [-0.2, 0) is 0 Å². The van der Waals surface area contributed by atoms with E-state index in [9.17, 15) is 8.78 Å². The van der Waals surface area contributed by atoms with Crippen molar-refractivity contribution in [3.8, 4) is 0 Å². The second kappa shape index (κ2) is 6.36. The molecule has 17 heavy (non-hydrogen) atoms. The molecule has 5 nitrogen and oxygen atoms in total. The fourth-order valence-electron chi connectivity index (χ4n) is 1.20. The van der Waals surface area contributed by atoms with Gasteiger partial charge in [0.1, 0.15) is 16.5 Å². The molecule has 0 fully saturated rings. The Morgan fingerprint density at radius 2 is 2.18 bits per heavy atom. The smallest absolute Gasteiger partial charge is 0.255 e. The van der Waals surface area contributed by atoms with Crippen LogP contribution in [-0.4, -0.2) is 46.2 Å². The van der Waals surface area contributed by atoms with Gasteiger partial charge in [-0.2, -0.15) is 0 Å². The zero-order valence-electron chi connectivity index (χ0n) is 8.88. The maximum absolute atomic E-state index is 12.3. The molecule has 1 aromatic heterocycles. The highest BCUT2D eigenvalue weighted by molar-refractivity contribution is 7.80. The van der Waals surface area contributed by atoms with Gasteiger partial charge in [0.05, 0.1) is 25.5 Å². The van der Waals surface area contributed by atoms with Crippen LogP contribution in [0.3, 0.4) is 0 Å². The third-order valence-electron chi connectivity index (χ3n) is 1.94. The molecule has 0 unspecified atom stereocenters. The first-order valence-corrected chi connectivity index (χ1v) is 5.21. The van der Waals surface area contributed by atoms with E-state index in [1.165, 1.54) is 17.3 Å². The number of nitrogens with zero attached hydrogens (tertiary/aromatic N) is 3. The predicted octanol–water partition coefficient (Wildman–Crippen LogP) is 0.175. The van der Waals surface area contributed by atoms with Gasteiger partial charge in [0, 0.05) is 6.54 Å². The quantitative estimate of drug-likeness (QED) is 0.712. The van der Waals surface area contributed by atoms with Crippen LogP contribution < -0.4 is 10.6 Å². The third kappa shape index (κ3) is 4.16. The van der Waals surface area contributed by atoms with Crippen LogP contribution in [0.25, 0.3) is 0 Å². The molecule has 0 saturated heterocycles. The Kier molecular flexibility index (Phi) is 5.11. The molecule has 0 saturated carbocycles. The van der Waals surface area contributed by atoms with Crippen LogP contribution in [0.1, 0.15) is 5.69 Å². The Hall–Kier alpha value is -1.41. The molecule has 0 spiro atoms. The topological polar surface area (TPSA) is 75.3 Å². The minimum absolute atomic E-state index is 0.0610. The Labute approximate surface area is 102 Å². The summed E-state index contributed by atoms with van der Waals surface area (Å²) in [5.41, 5.74) is 5.66. The Morgan fingerprint density at radius 3 is 2.59 bits per heavy atom. The molecule has 0 aromatic carbocycles. The highest BCUT2D eigenvalue weighted by Crippen LogP contribution is 2.10. The van der Waals surface area contributed by atoms with Crippen LogP contribution in [0.4, 0.5) is 14.6 Å². The van der Waals surface area contributed by atoms with Crippen molar-refractivity contribution in [1.29, 1.82) is 0 Å². The number of rotatable bonds is 6. The largest absolute Gasteiger partial charge is 0.395 e. The molecule has 8 heteroatoms. The summed E-state index contributed by atoms with van der Waals surface area (Å²) >= 11 is 4.69. The van der Waals surface area contributed by atoms with Gasteiger partial charge in [-0.05, 0) is 0 Å². The second-order valence-corrected chi connectivity index (χ2v) is 3.62. The molecule has 0 aliphatic heterocycles. The number of halogens is 2. The number of aliphatic hydroxyl groups is 1. The van der Waals surface area contributed by atoms with Crippen molar-refractivity contribution in [2.75, 3.05) is 24.6 Å². The Morgan fingerprint density at radius 1 is 1.47 bits per heavy atom. The van der Waals surface area contributed by atoms with Crippen molar-refractivity contribution in [2.45, 2.75) is 6.43 Å². The second-order valence-electron chi connectivity index (χ2n) is 3.18. The summed E-state index contributed by atoms with van der Waals surface area (Å²) in [7, 11) is 0. The minimum Gasteiger partial charge on any atom is -0.395 e. The highest BCUT2D eigenvalue weighted by Gasteiger charge is 2.14. The van der Waals surface area contributed by atoms with Crippen LogP contribution in [0, 0.1) is 0 Å². The van der Waals surface area contributed by atoms with Gasteiger partial charge in [0.2, 0.25) is 0 Å². The molecule has 0 bridgehead atoms. The molecular formula is C9H12F2N4OS. The first kappa shape index (κ1) is 13.7. The molecule has 1 aromatic rings. The lowest BCUT2D eigenvalue weighted by Gasteiger charge is -2.21.